The number of rotatable bonds is 6. The second-order valence-electron chi connectivity index (χ2n) is 5.76. The lowest BCUT2D eigenvalue weighted by Crippen LogP contribution is -2.44. The van der Waals surface area contributed by atoms with Crippen LogP contribution in [0.2, 0.25) is 0 Å². The summed E-state index contributed by atoms with van der Waals surface area (Å²) in [7, 11) is -7.69. The Morgan fingerprint density at radius 2 is 1.78 bits per heavy atom. The number of likely N-dealkylation sites (tertiary alicyclic amines) is 1. The SMILES string of the molecule is CCCN1CCC(NS(=O)(=O)c2cccc(S(N)(=O)=O)c2)CC1. The van der Waals surface area contributed by atoms with Crippen molar-refractivity contribution in [3.05, 3.63) is 24.3 Å². The van der Waals surface area contributed by atoms with E-state index in [0.717, 1.165) is 45.0 Å². The summed E-state index contributed by atoms with van der Waals surface area (Å²) in [6.45, 7) is 4.86. The summed E-state index contributed by atoms with van der Waals surface area (Å²) < 4.78 is 50.2. The minimum Gasteiger partial charge on any atom is -0.303 e. The Bertz CT molecular complexity index is 739. The smallest absolute Gasteiger partial charge is 0.240 e. The van der Waals surface area contributed by atoms with Gasteiger partial charge in [0.05, 0.1) is 9.79 Å². The minimum atomic E-state index is -3.93. The van der Waals surface area contributed by atoms with Crippen molar-refractivity contribution in [2.45, 2.75) is 42.0 Å². The molecule has 1 heterocycles. The van der Waals surface area contributed by atoms with E-state index >= 15 is 0 Å². The second kappa shape index (κ2) is 7.27. The first-order chi connectivity index (χ1) is 10.7. The highest BCUT2D eigenvalue weighted by Crippen LogP contribution is 2.17. The van der Waals surface area contributed by atoms with Crippen LogP contribution in [0.5, 0.6) is 0 Å². The highest BCUT2D eigenvalue weighted by atomic mass is 32.2. The van der Waals surface area contributed by atoms with Gasteiger partial charge in [0.15, 0.2) is 0 Å². The van der Waals surface area contributed by atoms with Crippen LogP contribution in [-0.4, -0.2) is 47.4 Å². The van der Waals surface area contributed by atoms with Gasteiger partial charge in [0, 0.05) is 6.04 Å². The van der Waals surface area contributed by atoms with Crippen molar-refractivity contribution < 1.29 is 16.8 Å². The Labute approximate surface area is 138 Å². The third kappa shape index (κ3) is 4.98. The maximum atomic E-state index is 12.4. The number of benzene rings is 1. The fourth-order valence-electron chi connectivity index (χ4n) is 2.70. The number of nitrogens with two attached hydrogens (primary N) is 1. The lowest BCUT2D eigenvalue weighted by Gasteiger charge is -2.31. The number of sulfonamides is 2. The Morgan fingerprint density at radius 1 is 1.17 bits per heavy atom. The summed E-state index contributed by atoms with van der Waals surface area (Å²) in [5.41, 5.74) is 0. The molecule has 0 unspecified atom stereocenters. The number of nitrogens with one attached hydrogen (secondary N) is 1. The summed E-state index contributed by atoms with van der Waals surface area (Å²) in [5, 5.41) is 5.05. The van der Waals surface area contributed by atoms with Crippen LogP contribution in [0, 0.1) is 0 Å². The molecule has 7 nitrogen and oxygen atoms in total. The van der Waals surface area contributed by atoms with E-state index in [2.05, 4.69) is 16.5 Å². The van der Waals surface area contributed by atoms with E-state index in [1.54, 1.807) is 0 Å². The van der Waals surface area contributed by atoms with E-state index in [9.17, 15) is 16.8 Å². The molecule has 2 rings (SSSR count). The standard InChI is InChI=1S/C14H23N3O4S2/c1-2-8-17-9-6-12(7-10-17)16-23(20,21)14-5-3-4-13(11-14)22(15,18)19/h3-5,11-12,16H,2,6-10H2,1H3,(H2,15,18,19). The van der Waals surface area contributed by atoms with E-state index in [1.807, 2.05) is 0 Å². The largest absolute Gasteiger partial charge is 0.303 e. The van der Waals surface area contributed by atoms with E-state index in [-0.39, 0.29) is 15.8 Å². The van der Waals surface area contributed by atoms with E-state index in [1.165, 1.54) is 18.2 Å². The number of hydrogen-bond donors (Lipinski definition) is 2. The molecule has 0 bridgehead atoms. The van der Waals surface area contributed by atoms with E-state index in [4.69, 9.17) is 5.14 Å². The highest BCUT2D eigenvalue weighted by molar-refractivity contribution is 7.90. The lowest BCUT2D eigenvalue weighted by atomic mass is 10.1. The number of nitrogens with zero attached hydrogens (tertiary/aromatic N) is 1. The minimum absolute atomic E-state index is 0.0833. The van der Waals surface area contributed by atoms with Gasteiger partial charge in [-0.2, -0.15) is 0 Å². The summed E-state index contributed by atoms with van der Waals surface area (Å²) >= 11 is 0. The second-order valence-corrected chi connectivity index (χ2v) is 9.03. The monoisotopic (exact) mass is 361 g/mol. The van der Waals surface area contributed by atoms with Gasteiger partial charge in [-0.15, -0.1) is 0 Å². The summed E-state index contributed by atoms with van der Waals surface area (Å²) in [4.78, 5) is 2.02. The molecule has 0 radical (unpaired) electrons. The van der Waals surface area contributed by atoms with Crippen LogP contribution in [0.4, 0.5) is 0 Å². The molecular weight excluding hydrogens is 338 g/mol. The summed E-state index contributed by atoms with van der Waals surface area (Å²) in [6.07, 6.45) is 2.57. The van der Waals surface area contributed by atoms with Crippen LogP contribution in [0.3, 0.4) is 0 Å². The predicted molar refractivity (Wildman–Crippen MR) is 87.9 cm³/mol. The first kappa shape index (κ1) is 18.3. The van der Waals surface area contributed by atoms with Crippen LogP contribution in [0.1, 0.15) is 26.2 Å². The maximum Gasteiger partial charge on any atom is 0.240 e. The molecule has 1 fully saturated rings. The van der Waals surface area contributed by atoms with Crippen LogP contribution >= 0.6 is 0 Å². The molecule has 1 aliphatic rings. The molecule has 130 valence electrons. The van der Waals surface area contributed by atoms with Gasteiger partial charge in [0.1, 0.15) is 0 Å². The van der Waals surface area contributed by atoms with Crippen LogP contribution in [-0.2, 0) is 20.0 Å². The van der Waals surface area contributed by atoms with E-state index in [0.29, 0.717) is 0 Å². The quantitative estimate of drug-likeness (QED) is 0.766. The zero-order valence-electron chi connectivity index (χ0n) is 13.1. The number of piperidine rings is 1. The molecular formula is C14H23N3O4S2. The van der Waals surface area contributed by atoms with Crippen LogP contribution in [0.25, 0.3) is 0 Å². The van der Waals surface area contributed by atoms with Crippen molar-refractivity contribution in [2.75, 3.05) is 19.6 Å². The Hall–Kier alpha value is -1.00. The Morgan fingerprint density at radius 3 is 2.35 bits per heavy atom. The van der Waals surface area contributed by atoms with Crippen molar-refractivity contribution in [2.24, 2.45) is 5.14 Å². The van der Waals surface area contributed by atoms with Crippen LogP contribution < -0.4 is 9.86 Å². The zero-order chi connectivity index (χ0) is 17.1. The van der Waals surface area contributed by atoms with Gasteiger partial charge in [-0.1, -0.05) is 13.0 Å². The zero-order valence-corrected chi connectivity index (χ0v) is 14.7. The van der Waals surface area contributed by atoms with Gasteiger partial charge in [0.25, 0.3) is 0 Å². The molecule has 0 saturated carbocycles. The van der Waals surface area contributed by atoms with Crippen molar-refractivity contribution in [1.29, 1.82) is 0 Å². The highest BCUT2D eigenvalue weighted by Gasteiger charge is 2.25. The van der Waals surface area contributed by atoms with Gasteiger partial charge in [-0.05, 0) is 57.1 Å². The molecule has 0 spiro atoms. The molecule has 23 heavy (non-hydrogen) atoms. The molecule has 0 aromatic heterocycles. The first-order valence-electron chi connectivity index (χ1n) is 7.60. The first-order valence-corrected chi connectivity index (χ1v) is 10.6. The molecule has 3 N–H and O–H groups in total. The van der Waals surface area contributed by atoms with Crippen molar-refractivity contribution in [3.8, 4) is 0 Å². The Kier molecular flexibility index (Phi) is 5.79. The molecule has 0 atom stereocenters. The predicted octanol–water partition coefficient (Wildman–Crippen LogP) is 0.487. The molecule has 0 aliphatic carbocycles. The van der Waals surface area contributed by atoms with E-state index < -0.39 is 20.0 Å². The Balaban J connectivity index is 2.08. The molecule has 1 saturated heterocycles. The molecule has 1 aromatic carbocycles. The van der Waals surface area contributed by atoms with Gasteiger partial charge < -0.3 is 4.90 Å². The molecule has 9 heteroatoms. The van der Waals surface area contributed by atoms with Crippen molar-refractivity contribution in [1.82, 2.24) is 9.62 Å². The topological polar surface area (TPSA) is 110 Å². The molecule has 1 aromatic rings. The van der Waals surface area contributed by atoms with Crippen molar-refractivity contribution in [3.63, 3.8) is 0 Å². The third-order valence-corrected chi connectivity index (χ3v) is 6.32. The molecule has 0 amide bonds. The fraction of sp³-hybridized carbons (Fsp3) is 0.571. The van der Waals surface area contributed by atoms with Crippen LogP contribution in [0.15, 0.2) is 34.1 Å². The average Bonchev–Trinajstić information content (AvgIpc) is 2.49. The van der Waals surface area contributed by atoms with Crippen molar-refractivity contribution >= 4 is 20.0 Å². The summed E-state index contributed by atoms with van der Waals surface area (Å²) in [5.74, 6) is 0. The fourth-order valence-corrected chi connectivity index (χ4v) is 4.68. The number of hydrogen-bond acceptors (Lipinski definition) is 5. The normalized spacial score (nSPS) is 18.2. The number of primary sulfonamides is 1. The third-order valence-electron chi connectivity index (χ3n) is 3.89. The summed E-state index contributed by atoms with van der Waals surface area (Å²) in [6, 6.07) is 4.97. The maximum absolute atomic E-state index is 12.4. The average molecular weight is 361 g/mol. The van der Waals surface area contributed by atoms with Gasteiger partial charge in [-0.25, -0.2) is 26.7 Å². The van der Waals surface area contributed by atoms with Gasteiger partial charge in [-0.3, -0.25) is 0 Å². The van der Waals surface area contributed by atoms with Gasteiger partial charge >= 0.3 is 0 Å². The molecule has 1 aliphatic heterocycles. The lowest BCUT2D eigenvalue weighted by molar-refractivity contribution is 0.208. The van der Waals surface area contributed by atoms with Gasteiger partial charge in [0.2, 0.25) is 20.0 Å².